The van der Waals surface area contributed by atoms with Crippen molar-refractivity contribution in [2.75, 3.05) is 13.2 Å². The van der Waals surface area contributed by atoms with Crippen LogP contribution in [0, 0.1) is 0 Å². The SMILES string of the molecule is CC/C=C\C/C=C\C/C=C\C/C=C\C/C=C\CCCCCCCCCCCCCC(=O)OCC(COC(=O)CCCCCCCCC/C=C\C/C=C\C/C=C\CC)OC(=O)CCCCCCC/C=C\C/C=C\C/C=C\C/C=C\C/C=C\CC. The summed E-state index contributed by atoms with van der Waals surface area (Å²) in [4.78, 5) is 38.5. The third kappa shape index (κ3) is 67.7. The van der Waals surface area contributed by atoms with Crippen LogP contribution in [0.25, 0.3) is 0 Å². The Morgan fingerprint density at radius 2 is 0.434 bits per heavy atom. The van der Waals surface area contributed by atoms with Crippen LogP contribution in [-0.2, 0) is 28.6 Å². The third-order valence-electron chi connectivity index (χ3n) is 14.0. The highest BCUT2D eigenvalue weighted by Gasteiger charge is 2.19. The molecular formula is C77H124O6. The van der Waals surface area contributed by atoms with Gasteiger partial charge in [0.25, 0.3) is 0 Å². The maximum Gasteiger partial charge on any atom is 0.306 e. The quantitative estimate of drug-likeness (QED) is 0.0261. The van der Waals surface area contributed by atoms with Gasteiger partial charge in [0.05, 0.1) is 0 Å². The molecule has 0 saturated carbocycles. The van der Waals surface area contributed by atoms with Crippen LogP contribution in [0.5, 0.6) is 0 Å². The Morgan fingerprint density at radius 1 is 0.241 bits per heavy atom. The van der Waals surface area contributed by atoms with Crippen LogP contribution in [0.1, 0.15) is 290 Å². The zero-order valence-electron chi connectivity index (χ0n) is 53.7. The van der Waals surface area contributed by atoms with E-state index in [9.17, 15) is 14.4 Å². The second-order valence-electron chi connectivity index (χ2n) is 21.9. The number of rotatable bonds is 60. The van der Waals surface area contributed by atoms with Crippen LogP contribution in [-0.4, -0.2) is 37.2 Å². The molecule has 0 aromatic carbocycles. The molecule has 0 bridgehead atoms. The molecule has 0 spiro atoms. The first kappa shape index (κ1) is 78.0. The molecule has 468 valence electrons. The summed E-state index contributed by atoms with van der Waals surface area (Å²) in [5, 5.41) is 0. The zero-order chi connectivity index (χ0) is 59.9. The smallest absolute Gasteiger partial charge is 0.306 e. The first-order chi connectivity index (χ1) is 41.0. The third-order valence-corrected chi connectivity index (χ3v) is 14.0. The van der Waals surface area contributed by atoms with Crippen LogP contribution >= 0.6 is 0 Å². The van der Waals surface area contributed by atoms with E-state index in [1.165, 1.54) is 83.5 Å². The average molecular weight is 1150 g/mol. The van der Waals surface area contributed by atoms with Gasteiger partial charge in [0, 0.05) is 19.3 Å². The molecule has 0 radical (unpaired) electrons. The fourth-order valence-corrected chi connectivity index (χ4v) is 9.04. The number of unbranched alkanes of at least 4 members (excludes halogenated alkanes) is 23. The molecule has 0 aliphatic rings. The van der Waals surface area contributed by atoms with Gasteiger partial charge in [-0.2, -0.15) is 0 Å². The molecule has 6 heteroatoms. The summed E-state index contributed by atoms with van der Waals surface area (Å²) in [5.41, 5.74) is 0. The van der Waals surface area contributed by atoms with Crippen molar-refractivity contribution in [2.45, 2.75) is 297 Å². The van der Waals surface area contributed by atoms with E-state index in [-0.39, 0.29) is 31.1 Å². The van der Waals surface area contributed by atoms with Gasteiger partial charge < -0.3 is 14.2 Å². The Hall–Kier alpha value is -4.97. The van der Waals surface area contributed by atoms with Gasteiger partial charge in [-0.05, 0) is 141 Å². The van der Waals surface area contributed by atoms with Gasteiger partial charge >= 0.3 is 17.9 Å². The highest BCUT2D eigenvalue weighted by atomic mass is 16.6. The van der Waals surface area contributed by atoms with Gasteiger partial charge in [-0.25, -0.2) is 0 Å². The van der Waals surface area contributed by atoms with E-state index in [1.54, 1.807) is 0 Å². The van der Waals surface area contributed by atoms with Gasteiger partial charge in [-0.15, -0.1) is 0 Å². The van der Waals surface area contributed by atoms with E-state index in [1.807, 2.05) is 0 Å². The van der Waals surface area contributed by atoms with Crippen LogP contribution in [0.2, 0.25) is 0 Å². The number of allylic oxidation sites excluding steroid dienone is 26. The van der Waals surface area contributed by atoms with Crippen LogP contribution in [0.3, 0.4) is 0 Å². The predicted octanol–water partition coefficient (Wildman–Crippen LogP) is 23.7. The van der Waals surface area contributed by atoms with E-state index in [0.717, 1.165) is 167 Å². The fourth-order valence-electron chi connectivity index (χ4n) is 9.04. The molecule has 0 aliphatic heterocycles. The van der Waals surface area contributed by atoms with Crippen LogP contribution < -0.4 is 0 Å². The molecule has 0 rings (SSSR count). The molecule has 0 N–H and O–H groups in total. The van der Waals surface area contributed by atoms with E-state index in [4.69, 9.17) is 14.2 Å². The molecule has 0 saturated heterocycles. The molecule has 0 amide bonds. The van der Waals surface area contributed by atoms with Crippen molar-refractivity contribution in [3.05, 3.63) is 158 Å². The van der Waals surface area contributed by atoms with Crippen molar-refractivity contribution in [1.82, 2.24) is 0 Å². The minimum Gasteiger partial charge on any atom is -0.462 e. The summed E-state index contributed by atoms with van der Waals surface area (Å²) in [6, 6.07) is 0. The molecule has 0 aromatic rings. The molecule has 1 unspecified atom stereocenters. The monoisotopic (exact) mass is 1140 g/mol. The molecule has 0 aliphatic carbocycles. The normalized spacial score (nSPS) is 13.1. The van der Waals surface area contributed by atoms with Crippen molar-refractivity contribution in [3.8, 4) is 0 Å². The second kappa shape index (κ2) is 69.5. The van der Waals surface area contributed by atoms with Gasteiger partial charge in [0.15, 0.2) is 6.10 Å². The molecule has 83 heavy (non-hydrogen) atoms. The number of hydrogen-bond donors (Lipinski definition) is 0. The lowest BCUT2D eigenvalue weighted by atomic mass is 10.0. The summed E-state index contributed by atoms with van der Waals surface area (Å²) in [6.07, 6.45) is 101. The number of carbonyl (C=O) groups excluding carboxylic acids is 3. The predicted molar refractivity (Wildman–Crippen MR) is 362 cm³/mol. The maximum atomic E-state index is 13.0. The summed E-state index contributed by atoms with van der Waals surface area (Å²) in [7, 11) is 0. The topological polar surface area (TPSA) is 78.9 Å². The number of carbonyl (C=O) groups is 3. The van der Waals surface area contributed by atoms with E-state index in [0.29, 0.717) is 19.3 Å². The van der Waals surface area contributed by atoms with Crippen molar-refractivity contribution >= 4 is 17.9 Å². The first-order valence-corrected chi connectivity index (χ1v) is 34.0. The van der Waals surface area contributed by atoms with Crippen LogP contribution in [0.15, 0.2) is 158 Å². The lowest BCUT2D eigenvalue weighted by molar-refractivity contribution is -0.167. The summed E-state index contributed by atoms with van der Waals surface area (Å²) < 4.78 is 17.0. The van der Waals surface area contributed by atoms with E-state index < -0.39 is 6.10 Å². The highest BCUT2D eigenvalue weighted by Crippen LogP contribution is 2.16. The van der Waals surface area contributed by atoms with E-state index in [2.05, 4.69) is 179 Å². The molecule has 0 aromatic heterocycles. The van der Waals surface area contributed by atoms with Gasteiger partial charge in [-0.3, -0.25) is 14.4 Å². The lowest BCUT2D eigenvalue weighted by Gasteiger charge is -2.18. The molecule has 1 atom stereocenters. The standard InChI is InChI=1S/C77H124O6/c1-4-7-10-13-16-19-22-25-28-31-33-35-36-37-38-39-40-42-43-46-49-52-55-58-61-64-67-70-76(79)82-73-74(72-81-75(78)69-66-63-60-57-54-51-48-45-30-27-24-21-18-15-12-9-6-3)83-77(80)71-68-65-62-59-56-53-50-47-44-41-34-32-29-26-23-20-17-14-11-8-5-2/h7-12,16-21,25-30,33-35,37-38,41,47,50,74H,4-6,13-15,22-24,31-32,36,39-40,42-46,48-49,51-73H2,1-3H3/b10-7-,11-8-,12-9-,19-16-,20-17-,21-18-,28-25-,29-26-,30-27-,35-33-,38-37-,41-34-,50-47-. The van der Waals surface area contributed by atoms with Gasteiger partial charge in [0.2, 0.25) is 0 Å². The minimum atomic E-state index is -0.804. The molecule has 0 fully saturated rings. The lowest BCUT2D eigenvalue weighted by Crippen LogP contribution is -2.30. The summed E-state index contributed by atoms with van der Waals surface area (Å²) in [5.74, 6) is -0.926. The zero-order valence-corrected chi connectivity index (χ0v) is 53.7. The minimum absolute atomic E-state index is 0.0964. The fraction of sp³-hybridized carbons (Fsp3) is 0.623. The first-order valence-electron chi connectivity index (χ1n) is 34.0. The second-order valence-corrected chi connectivity index (χ2v) is 21.9. The Labute approximate surface area is 511 Å². The average Bonchev–Trinajstić information content (AvgIpc) is 3.49. The molecular weight excluding hydrogens is 1020 g/mol. The summed E-state index contributed by atoms with van der Waals surface area (Å²) >= 11 is 0. The Balaban J connectivity index is 4.42. The van der Waals surface area contributed by atoms with Crippen molar-refractivity contribution in [1.29, 1.82) is 0 Å². The van der Waals surface area contributed by atoms with Gasteiger partial charge in [-0.1, -0.05) is 288 Å². The Bertz CT molecular complexity index is 1840. The van der Waals surface area contributed by atoms with Gasteiger partial charge in [0.1, 0.15) is 13.2 Å². The molecule has 0 heterocycles. The largest absolute Gasteiger partial charge is 0.462 e. The molecule has 6 nitrogen and oxygen atoms in total. The number of ether oxygens (including phenoxy) is 3. The number of hydrogen-bond acceptors (Lipinski definition) is 6. The maximum absolute atomic E-state index is 13.0. The van der Waals surface area contributed by atoms with Crippen molar-refractivity contribution in [2.24, 2.45) is 0 Å². The Morgan fingerprint density at radius 3 is 0.675 bits per heavy atom. The van der Waals surface area contributed by atoms with Crippen molar-refractivity contribution < 1.29 is 28.6 Å². The summed E-state index contributed by atoms with van der Waals surface area (Å²) in [6.45, 7) is 6.29. The van der Waals surface area contributed by atoms with Crippen LogP contribution in [0.4, 0.5) is 0 Å². The van der Waals surface area contributed by atoms with Crippen molar-refractivity contribution in [3.63, 3.8) is 0 Å². The Kier molecular flexibility index (Phi) is 65.4. The highest BCUT2D eigenvalue weighted by molar-refractivity contribution is 5.71. The van der Waals surface area contributed by atoms with E-state index >= 15 is 0 Å². The number of esters is 3.